The first kappa shape index (κ1) is 24.0. The van der Waals surface area contributed by atoms with Crippen molar-refractivity contribution in [3.8, 4) is 11.8 Å². The summed E-state index contributed by atoms with van der Waals surface area (Å²) in [6, 6.07) is 27.3. The van der Waals surface area contributed by atoms with Crippen molar-refractivity contribution in [1.29, 1.82) is 5.26 Å². The molecule has 4 rings (SSSR count). The van der Waals surface area contributed by atoms with Crippen LogP contribution in [0.15, 0.2) is 89.8 Å². The fourth-order valence-corrected chi connectivity index (χ4v) is 4.72. The van der Waals surface area contributed by atoms with E-state index in [9.17, 15) is 14.4 Å². The predicted octanol–water partition coefficient (Wildman–Crippen LogP) is 5.05. The SMILES string of the molecule is N#Cc1c(CCCNC(=O)C(Sc2ccccc2)c2ccccc2)nn(-c2ccc(F)cc2)c1N. The van der Waals surface area contributed by atoms with Gasteiger partial charge in [0.1, 0.15) is 28.5 Å². The standard InChI is InChI=1S/C27H24FN5OS/c28-20-13-15-21(16-14-20)33-26(30)23(18-29)24(32-33)12-7-17-31-27(34)25(19-8-3-1-4-9-19)35-22-10-5-2-6-11-22/h1-6,8-11,13-16,25H,7,12,17,30H2,(H,31,34). The third-order valence-electron chi connectivity index (χ3n) is 5.40. The van der Waals surface area contributed by atoms with E-state index in [0.29, 0.717) is 36.3 Å². The molecule has 6 nitrogen and oxygen atoms in total. The van der Waals surface area contributed by atoms with Crippen molar-refractivity contribution in [1.82, 2.24) is 15.1 Å². The normalized spacial score (nSPS) is 11.5. The Morgan fingerprint density at radius 1 is 1.06 bits per heavy atom. The number of hydrogen-bond donors (Lipinski definition) is 2. The van der Waals surface area contributed by atoms with Crippen molar-refractivity contribution in [3.63, 3.8) is 0 Å². The van der Waals surface area contributed by atoms with Crippen molar-refractivity contribution in [2.24, 2.45) is 0 Å². The number of carbonyl (C=O) groups excluding carboxylic acids is 1. The van der Waals surface area contributed by atoms with Crippen molar-refractivity contribution in [3.05, 3.63) is 108 Å². The summed E-state index contributed by atoms with van der Waals surface area (Å²) in [5, 5.41) is 16.7. The minimum absolute atomic E-state index is 0.0816. The maximum absolute atomic E-state index is 13.3. The van der Waals surface area contributed by atoms with Gasteiger partial charge in [-0.15, -0.1) is 11.8 Å². The summed E-state index contributed by atoms with van der Waals surface area (Å²) in [5.74, 6) is -0.237. The molecule has 0 aliphatic rings. The first-order valence-electron chi connectivity index (χ1n) is 11.1. The molecule has 0 spiro atoms. The summed E-state index contributed by atoms with van der Waals surface area (Å²) in [6.45, 7) is 0.422. The Bertz CT molecular complexity index is 1320. The van der Waals surface area contributed by atoms with Gasteiger partial charge in [0.25, 0.3) is 0 Å². The van der Waals surface area contributed by atoms with Gasteiger partial charge in [0.05, 0.1) is 11.4 Å². The van der Waals surface area contributed by atoms with Gasteiger partial charge in [-0.3, -0.25) is 4.79 Å². The fraction of sp³-hybridized carbons (Fsp3) is 0.148. The highest BCUT2D eigenvalue weighted by molar-refractivity contribution is 8.00. The minimum atomic E-state index is -0.387. The lowest BCUT2D eigenvalue weighted by molar-refractivity contribution is -0.120. The van der Waals surface area contributed by atoms with Gasteiger partial charge in [0, 0.05) is 11.4 Å². The number of anilines is 1. The second-order valence-corrected chi connectivity index (χ2v) is 9.00. The molecular formula is C27H24FN5OS. The lowest BCUT2D eigenvalue weighted by Gasteiger charge is -2.17. The van der Waals surface area contributed by atoms with Crippen LogP contribution >= 0.6 is 11.8 Å². The number of hydrogen-bond acceptors (Lipinski definition) is 5. The van der Waals surface area contributed by atoms with Crippen LogP contribution in [0.1, 0.15) is 28.5 Å². The van der Waals surface area contributed by atoms with Gasteiger partial charge in [-0.25, -0.2) is 9.07 Å². The molecule has 1 heterocycles. The summed E-state index contributed by atoms with van der Waals surface area (Å²) in [5.41, 5.74) is 8.46. The van der Waals surface area contributed by atoms with Gasteiger partial charge in [0.2, 0.25) is 5.91 Å². The average Bonchev–Trinajstić information content (AvgIpc) is 3.21. The zero-order chi connectivity index (χ0) is 24.6. The van der Waals surface area contributed by atoms with E-state index >= 15 is 0 Å². The Labute approximate surface area is 207 Å². The van der Waals surface area contributed by atoms with Crippen molar-refractivity contribution in [2.45, 2.75) is 23.0 Å². The second-order valence-electron chi connectivity index (χ2n) is 7.82. The number of nitrogens with two attached hydrogens (primary N) is 1. The smallest absolute Gasteiger partial charge is 0.237 e. The Balaban J connectivity index is 1.41. The van der Waals surface area contributed by atoms with Crippen molar-refractivity contribution < 1.29 is 9.18 Å². The van der Waals surface area contributed by atoms with Crippen LogP contribution in [0.5, 0.6) is 0 Å². The number of amides is 1. The Morgan fingerprint density at radius 3 is 2.37 bits per heavy atom. The van der Waals surface area contributed by atoms with Crippen LogP contribution in [0.4, 0.5) is 10.2 Å². The number of rotatable bonds is 9. The monoisotopic (exact) mass is 485 g/mol. The number of nitrogen functional groups attached to an aromatic ring is 1. The molecule has 0 fully saturated rings. The van der Waals surface area contributed by atoms with Gasteiger partial charge in [-0.1, -0.05) is 48.5 Å². The molecular weight excluding hydrogens is 461 g/mol. The summed E-state index contributed by atoms with van der Waals surface area (Å²) in [4.78, 5) is 14.1. The number of nitrogens with zero attached hydrogens (tertiary/aromatic N) is 3. The van der Waals surface area contributed by atoms with Crippen LogP contribution in [0.2, 0.25) is 0 Å². The average molecular weight is 486 g/mol. The lowest BCUT2D eigenvalue weighted by Crippen LogP contribution is -2.29. The van der Waals surface area contributed by atoms with Crippen LogP contribution < -0.4 is 11.1 Å². The molecule has 1 unspecified atom stereocenters. The summed E-state index contributed by atoms with van der Waals surface area (Å²) in [7, 11) is 0. The third kappa shape index (κ3) is 5.89. The largest absolute Gasteiger partial charge is 0.382 e. The van der Waals surface area contributed by atoms with Crippen molar-refractivity contribution >= 4 is 23.5 Å². The molecule has 3 aromatic carbocycles. The lowest BCUT2D eigenvalue weighted by atomic mass is 10.1. The first-order chi connectivity index (χ1) is 17.1. The molecule has 4 aromatic rings. The second kappa shape index (κ2) is 11.4. The molecule has 1 atom stereocenters. The molecule has 35 heavy (non-hydrogen) atoms. The van der Waals surface area contributed by atoms with E-state index in [2.05, 4.69) is 16.5 Å². The van der Waals surface area contributed by atoms with Crippen LogP contribution in [0.3, 0.4) is 0 Å². The molecule has 0 radical (unpaired) electrons. The molecule has 0 saturated carbocycles. The highest BCUT2D eigenvalue weighted by Crippen LogP contribution is 2.35. The molecule has 0 bridgehead atoms. The fourth-order valence-electron chi connectivity index (χ4n) is 3.65. The minimum Gasteiger partial charge on any atom is -0.382 e. The molecule has 0 aliphatic carbocycles. The van der Waals surface area contributed by atoms with Crippen LogP contribution in [-0.4, -0.2) is 22.2 Å². The van der Waals surface area contributed by atoms with Gasteiger partial charge in [0.15, 0.2) is 0 Å². The topological polar surface area (TPSA) is 96.7 Å². The Hall–Kier alpha value is -4.09. The van der Waals surface area contributed by atoms with E-state index in [0.717, 1.165) is 10.5 Å². The van der Waals surface area contributed by atoms with E-state index in [1.165, 1.54) is 28.6 Å². The maximum atomic E-state index is 13.3. The number of nitrogens with one attached hydrogen (secondary N) is 1. The van der Waals surface area contributed by atoms with E-state index in [-0.39, 0.29) is 22.8 Å². The number of aromatic nitrogens is 2. The Kier molecular flexibility index (Phi) is 7.81. The molecule has 176 valence electrons. The van der Waals surface area contributed by atoms with Crippen molar-refractivity contribution in [2.75, 3.05) is 12.3 Å². The third-order valence-corrected chi connectivity index (χ3v) is 6.67. The predicted molar refractivity (Wildman–Crippen MR) is 135 cm³/mol. The quantitative estimate of drug-likeness (QED) is 0.256. The number of thioether (sulfide) groups is 1. The van der Waals surface area contributed by atoms with Crippen LogP contribution in [0.25, 0.3) is 5.69 Å². The van der Waals surface area contributed by atoms with Gasteiger partial charge in [-0.05, 0) is 54.8 Å². The molecule has 1 aromatic heterocycles. The maximum Gasteiger partial charge on any atom is 0.237 e. The van der Waals surface area contributed by atoms with E-state index in [1.54, 1.807) is 12.1 Å². The molecule has 1 amide bonds. The molecule has 3 N–H and O–H groups in total. The number of halogens is 1. The van der Waals surface area contributed by atoms with Crippen LogP contribution in [-0.2, 0) is 11.2 Å². The number of nitriles is 1. The van der Waals surface area contributed by atoms with E-state index in [4.69, 9.17) is 5.73 Å². The molecule has 0 saturated heterocycles. The van der Waals surface area contributed by atoms with Gasteiger partial charge in [-0.2, -0.15) is 10.4 Å². The molecule has 0 aliphatic heterocycles. The van der Waals surface area contributed by atoms with Gasteiger partial charge < -0.3 is 11.1 Å². The summed E-state index contributed by atoms with van der Waals surface area (Å²) >= 11 is 1.50. The zero-order valence-corrected chi connectivity index (χ0v) is 19.7. The first-order valence-corrected chi connectivity index (χ1v) is 12.0. The highest BCUT2D eigenvalue weighted by Gasteiger charge is 2.22. The zero-order valence-electron chi connectivity index (χ0n) is 18.9. The van der Waals surface area contributed by atoms with E-state index < -0.39 is 0 Å². The highest BCUT2D eigenvalue weighted by atomic mass is 32.2. The van der Waals surface area contributed by atoms with Gasteiger partial charge >= 0.3 is 0 Å². The number of benzene rings is 3. The summed E-state index contributed by atoms with van der Waals surface area (Å²) < 4.78 is 14.7. The summed E-state index contributed by atoms with van der Waals surface area (Å²) in [6.07, 6.45) is 1.04. The van der Waals surface area contributed by atoms with Crippen LogP contribution in [0, 0.1) is 17.1 Å². The number of carbonyl (C=O) groups is 1. The van der Waals surface area contributed by atoms with E-state index in [1.807, 2.05) is 60.7 Å². The Morgan fingerprint density at radius 2 is 1.71 bits per heavy atom. The number of aryl methyl sites for hydroxylation is 1. The molecule has 8 heteroatoms.